The maximum Gasteiger partial charge on any atom is 0.228 e. The van der Waals surface area contributed by atoms with Gasteiger partial charge in [-0.2, -0.15) is 10.1 Å². The van der Waals surface area contributed by atoms with Gasteiger partial charge in [0.15, 0.2) is 17.3 Å². The Morgan fingerprint density at radius 2 is 1.69 bits per heavy atom. The summed E-state index contributed by atoms with van der Waals surface area (Å²) in [6, 6.07) is 11.8. The second-order valence-corrected chi connectivity index (χ2v) is 8.01. The molecule has 3 aromatic heterocycles. The molecule has 0 radical (unpaired) electrons. The maximum absolute atomic E-state index is 5.85. The van der Waals surface area contributed by atoms with Gasteiger partial charge in [0.2, 0.25) is 5.95 Å². The molecule has 4 aromatic rings. The molecule has 0 saturated carbocycles. The van der Waals surface area contributed by atoms with Gasteiger partial charge in [-0.05, 0) is 18.2 Å². The van der Waals surface area contributed by atoms with E-state index < -0.39 is 0 Å². The number of anilines is 3. The highest BCUT2D eigenvalue weighted by molar-refractivity contribution is 5.80. The first-order valence-corrected chi connectivity index (χ1v) is 11.3. The van der Waals surface area contributed by atoms with Gasteiger partial charge in [0.05, 0.1) is 33.6 Å². The molecule has 1 aliphatic heterocycles. The van der Waals surface area contributed by atoms with E-state index in [1.54, 1.807) is 31.3 Å². The smallest absolute Gasteiger partial charge is 0.228 e. The van der Waals surface area contributed by atoms with E-state index in [2.05, 4.69) is 20.3 Å². The number of pyridine rings is 1. The summed E-state index contributed by atoms with van der Waals surface area (Å²) < 4.78 is 18.6. The lowest BCUT2D eigenvalue weighted by molar-refractivity contribution is 0.122. The van der Waals surface area contributed by atoms with E-state index in [4.69, 9.17) is 24.2 Å². The summed E-state index contributed by atoms with van der Waals surface area (Å²) in [6.45, 7) is 2.69. The van der Waals surface area contributed by atoms with Gasteiger partial charge in [-0.15, -0.1) is 0 Å². The lowest BCUT2D eigenvalue weighted by Crippen LogP contribution is -2.37. The van der Waals surface area contributed by atoms with Gasteiger partial charge in [0.1, 0.15) is 11.4 Å². The topological polar surface area (TPSA) is 99.5 Å². The SMILES string of the molecule is COc1cn(C)nc1-c1cccc(-c2nc(N3CCOCC3)nc(Nc3ccncc3)c2OC)c1. The molecule has 1 fully saturated rings. The van der Waals surface area contributed by atoms with E-state index in [1.165, 1.54) is 0 Å². The van der Waals surface area contributed by atoms with Gasteiger partial charge in [-0.3, -0.25) is 9.67 Å². The molecule has 0 spiro atoms. The van der Waals surface area contributed by atoms with Crippen LogP contribution in [-0.4, -0.2) is 65.3 Å². The average Bonchev–Trinajstić information content (AvgIpc) is 3.30. The molecule has 1 N–H and O–H groups in total. The number of nitrogens with zero attached hydrogens (tertiary/aromatic N) is 6. The van der Waals surface area contributed by atoms with Crippen LogP contribution in [0.15, 0.2) is 55.0 Å². The third-order valence-corrected chi connectivity index (χ3v) is 5.72. The first-order valence-electron chi connectivity index (χ1n) is 11.3. The summed E-state index contributed by atoms with van der Waals surface area (Å²) in [4.78, 5) is 16.0. The fourth-order valence-electron chi connectivity index (χ4n) is 4.02. The average molecular weight is 474 g/mol. The van der Waals surface area contributed by atoms with Gasteiger partial charge >= 0.3 is 0 Å². The summed E-state index contributed by atoms with van der Waals surface area (Å²) in [5.41, 5.74) is 4.08. The molecule has 5 rings (SSSR count). The molecule has 0 atom stereocenters. The van der Waals surface area contributed by atoms with Crippen molar-refractivity contribution in [2.24, 2.45) is 7.05 Å². The summed E-state index contributed by atoms with van der Waals surface area (Å²) in [6.07, 6.45) is 5.30. The van der Waals surface area contributed by atoms with Gasteiger partial charge in [-0.1, -0.05) is 18.2 Å². The minimum absolute atomic E-state index is 0.545. The van der Waals surface area contributed by atoms with Crippen molar-refractivity contribution in [3.05, 3.63) is 55.0 Å². The van der Waals surface area contributed by atoms with Crippen molar-refractivity contribution in [3.63, 3.8) is 0 Å². The minimum atomic E-state index is 0.545. The van der Waals surface area contributed by atoms with Gasteiger partial charge in [0.25, 0.3) is 0 Å². The Balaban J connectivity index is 1.63. The predicted octanol–water partition coefficient (Wildman–Crippen LogP) is 3.54. The fourth-order valence-corrected chi connectivity index (χ4v) is 4.02. The Bertz CT molecular complexity index is 1300. The van der Waals surface area contributed by atoms with Crippen LogP contribution >= 0.6 is 0 Å². The van der Waals surface area contributed by atoms with Crippen molar-refractivity contribution in [2.45, 2.75) is 0 Å². The first kappa shape index (κ1) is 22.6. The highest BCUT2D eigenvalue weighted by Crippen LogP contribution is 2.39. The van der Waals surface area contributed by atoms with Crippen LogP contribution in [0.1, 0.15) is 0 Å². The van der Waals surface area contributed by atoms with Crippen LogP contribution in [0.3, 0.4) is 0 Å². The van der Waals surface area contributed by atoms with Crippen molar-refractivity contribution in [1.29, 1.82) is 0 Å². The van der Waals surface area contributed by atoms with Crippen molar-refractivity contribution in [2.75, 3.05) is 50.7 Å². The zero-order valence-electron chi connectivity index (χ0n) is 19.9. The molecule has 180 valence electrons. The molecule has 0 aliphatic carbocycles. The van der Waals surface area contributed by atoms with E-state index in [0.717, 1.165) is 22.5 Å². The molecule has 0 unspecified atom stereocenters. The monoisotopic (exact) mass is 473 g/mol. The van der Waals surface area contributed by atoms with E-state index in [1.807, 2.05) is 49.6 Å². The molecule has 35 heavy (non-hydrogen) atoms. The zero-order chi connectivity index (χ0) is 24.2. The van der Waals surface area contributed by atoms with E-state index >= 15 is 0 Å². The van der Waals surface area contributed by atoms with Crippen LogP contribution in [0.4, 0.5) is 17.5 Å². The third kappa shape index (κ3) is 4.73. The number of morpholine rings is 1. The lowest BCUT2D eigenvalue weighted by Gasteiger charge is -2.28. The first-order chi connectivity index (χ1) is 17.2. The highest BCUT2D eigenvalue weighted by Gasteiger charge is 2.22. The second kappa shape index (κ2) is 9.98. The molecule has 10 heteroatoms. The van der Waals surface area contributed by atoms with Crippen molar-refractivity contribution in [1.82, 2.24) is 24.7 Å². The van der Waals surface area contributed by atoms with E-state index in [9.17, 15) is 0 Å². The molecule has 0 bridgehead atoms. The Morgan fingerprint density at radius 3 is 2.40 bits per heavy atom. The van der Waals surface area contributed by atoms with Crippen molar-refractivity contribution in [3.8, 4) is 34.0 Å². The Morgan fingerprint density at radius 1 is 0.943 bits per heavy atom. The van der Waals surface area contributed by atoms with Gasteiger partial charge in [-0.25, -0.2) is 4.98 Å². The quantitative estimate of drug-likeness (QED) is 0.432. The summed E-state index contributed by atoms with van der Waals surface area (Å²) in [5, 5.41) is 7.95. The number of benzene rings is 1. The third-order valence-electron chi connectivity index (χ3n) is 5.72. The van der Waals surface area contributed by atoms with Crippen LogP contribution < -0.4 is 19.7 Å². The molecular weight excluding hydrogens is 446 g/mol. The fraction of sp³-hybridized carbons (Fsp3) is 0.280. The Hall–Kier alpha value is -4.18. The number of aryl methyl sites for hydroxylation is 1. The van der Waals surface area contributed by atoms with Gasteiger partial charge in [0, 0.05) is 49.3 Å². The van der Waals surface area contributed by atoms with Crippen molar-refractivity contribution < 1.29 is 14.2 Å². The molecule has 1 saturated heterocycles. The number of methoxy groups -OCH3 is 2. The standard InChI is InChI=1S/C25H27N7O3/c1-31-16-20(33-2)21(30-31)17-5-4-6-18(15-17)22-23(34-3)24(27-19-7-9-26-10-8-19)29-25(28-22)32-11-13-35-14-12-32/h4-10,15-16H,11-14H2,1-3H3,(H,26,27,28,29). The Kier molecular flexibility index (Phi) is 6.44. The number of hydrogen-bond donors (Lipinski definition) is 1. The normalized spacial score (nSPS) is 13.5. The summed E-state index contributed by atoms with van der Waals surface area (Å²) >= 11 is 0. The number of rotatable bonds is 7. The summed E-state index contributed by atoms with van der Waals surface area (Å²) in [7, 11) is 5.14. The van der Waals surface area contributed by atoms with Crippen LogP contribution in [0.25, 0.3) is 22.5 Å². The largest absolute Gasteiger partial charge is 0.493 e. The molecular formula is C25H27N7O3. The van der Waals surface area contributed by atoms with Gasteiger partial charge < -0.3 is 24.4 Å². The molecule has 4 heterocycles. The number of nitrogens with one attached hydrogen (secondary N) is 1. The molecule has 0 amide bonds. The molecule has 1 aliphatic rings. The predicted molar refractivity (Wildman–Crippen MR) is 133 cm³/mol. The van der Waals surface area contributed by atoms with Crippen LogP contribution in [0, 0.1) is 0 Å². The second-order valence-electron chi connectivity index (χ2n) is 8.01. The van der Waals surface area contributed by atoms with Crippen LogP contribution in [-0.2, 0) is 11.8 Å². The highest BCUT2D eigenvalue weighted by atomic mass is 16.5. The molecule has 1 aromatic carbocycles. The molecule has 10 nitrogen and oxygen atoms in total. The lowest BCUT2D eigenvalue weighted by atomic mass is 10.0. The van der Waals surface area contributed by atoms with E-state index in [-0.39, 0.29) is 0 Å². The minimum Gasteiger partial charge on any atom is -0.493 e. The summed E-state index contributed by atoms with van der Waals surface area (Å²) in [5.74, 6) is 2.43. The zero-order valence-corrected chi connectivity index (χ0v) is 19.9. The Labute approximate surface area is 203 Å². The van der Waals surface area contributed by atoms with Crippen LogP contribution in [0.2, 0.25) is 0 Å². The number of hydrogen-bond acceptors (Lipinski definition) is 9. The number of ether oxygens (including phenoxy) is 3. The van der Waals surface area contributed by atoms with Crippen LogP contribution in [0.5, 0.6) is 11.5 Å². The van der Waals surface area contributed by atoms with Crippen molar-refractivity contribution >= 4 is 17.5 Å². The maximum atomic E-state index is 5.85. The van der Waals surface area contributed by atoms with E-state index in [0.29, 0.717) is 55.3 Å². The number of aromatic nitrogens is 5.